The molecule has 0 spiro atoms. The lowest BCUT2D eigenvalue weighted by Crippen LogP contribution is -2.36. The van der Waals surface area contributed by atoms with E-state index in [9.17, 15) is 0 Å². The maximum absolute atomic E-state index is 5.41. The second-order valence-corrected chi connectivity index (χ2v) is 6.50. The summed E-state index contributed by atoms with van der Waals surface area (Å²) < 4.78 is 5.41. The van der Waals surface area contributed by atoms with Gasteiger partial charge in [-0.2, -0.15) is 4.98 Å². The van der Waals surface area contributed by atoms with Crippen molar-refractivity contribution in [2.24, 2.45) is 0 Å². The van der Waals surface area contributed by atoms with Gasteiger partial charge in [-0.1, -0.05) is 5.16 Å². The molecule has 0 amide bonds. The van der Waals surface area contributed by atoms with Crippen LogP contribution in [0.3, 0.4) is 0 Å². The lowest BCUT2D eigenvalue weighted by Gasteiger charge is -2.31. The molecule has 1 saturated heterocycles. The summed E-state index contributed by atoms with van der Waals surface area (Å²) in [5, 5.41) is 4.21. The molecule has 2 aromatic heterocycles. The number of aromatic nitrogens is 4. The van der Waals surface area contributed by atoms with Crippen molar-refractivity contribution in [2.45, 2.75) is 51.4 Å². The van der Waals surface area contributed by atoms with Gasteiger partial charge in [-0.25, -0.2) is 9.97 Å². The molecule has 0 bridgehead atoms. The van der Waals surface area contributed by atoms with Gasteiger partial charge in [0.15, 0.2) is 5.82 Å². The Bertz CT molecular complexity index is 659. The summed E-state index contributed by atoms with van der Waals surface area (Å²) in [4.78, 5) is 16.0. The van der Waals surface area contributed by atoms with Crippen molar-refractivity contribution >= 4 is 5.95 Å². The van der Waals surface area contributed by atoms with E-state index < -0.39 is 0 Å². The monoisotopic (exact) mass is 299 g/mol. The SMILES string of the molecule is Cc1cc(C)nc(N2CCCC(c3noc(C4CC4)n3)C2)n1. The molecule has 0 aromatic carbocycles. The van der Waals surface area contributed by atoms with E-state index in [1.807, 2.05) is 19.9 Å². The molecular weight excluding hydrogens is 278 g/mol. The van der Waals surface area contributed by atoms with Crippen molar-refractivity contribution in [1.29, 1.82) is 0 Å². The van der Waals surface area contributed by atoms with E-state index >= 15 is 0 Å². The smallest absolute Gasteiger partial charge is 0.229 e. The number of piperidine rings is 1. The molecule has 0 N–H and O–H groups in total. The Morgan fingerprint density at radius 3 is 2.55 bits per heavy atom. The summed E-state index contributed by atoms with van der Waals surface area (Å²) in [6.45, 7) is 5.89. The average Bonchev–Trinajstić information content (AvgIpc) is 3.24. The van der Waals surface area contributed by atoms with Gasteiger partial charge in [0.05, 0.1) is 0 Å². The fraction of sp³-hybridized carbons (Fsp3) is 0.625. The van der Waals surface area contributed by atoms with E-state index in [2.05, 4.69) is 25.0 Å². The molecule has 4 rings (SSSR count). The number of anilines is 1. The third kappa shape index (κ3) is 2.69. The van der Waals surface area contributed by atoms with E-state index in [0.29, 0.717) is 11.8 Å². The van der Waals surface area contributed by atoms with Gasteiger partial charge in [0.25, 0.3) is 0 Å². The first kappa shape index (κ1) is 13.7. The van der Waals surface area contributed by atoms with E-state index in [1.165, 1.54) is 12.8 Å². The van der Waals surface area contributed by atoms with Crippen molar-refractivity contribution in [2.75, 3.05) is 18.0 Å². The average molecular weight is 299 g/mol. The second-order valence-electron chi connectivity index (χ2n) is 6.50. The van der Waals surface area contributed by atoms with Gasteiger partial charge in [-0.3, -0.25) is 0 Å². The van der Waals surface area contributed by atoms with E-state index in [-0.39, 0.29) is 0 Å². The molecule has 1 aliphatic carbocycles. The number of hydrogen-bond donors (Lipinski definition) is 0. The molecular formula is C16H21N5O. The van der Waals surface area contributed by atoms with Crippen LogP contribution in [0.25, 0.3) is 0 Å². The first-order valence-corrected chi connectivity index (χ1v) is 8.10. The Balaban J connectivity index is 1.53. The molecule has 1 atom stereocenters. The van der Waals surface area contributed by atoms with Crippen LogP contribution in [0.5, 0.6) is 0 Å². The predicted molar refractivity (Wildman–Crippen MR) is 82.0 cm³/mol. The van der Waals surface area contributed by atoms with Gasteiger partial charge >= 0.3 is 0 Å². The minimum atomic E-state index is 0.314. The maximum Gasteiger partial charge on any atom is 0.229 e. The highest BCUT2D eigenvalue weighted by atomic mass is 16.5. The van der Waals surface area contributed by atoms with Crippen LogP contribution in [0.1, 0.15) is 60.6 Å². The molecule has 6 nitrogen and oxygen atoms in total. The number of rotatable bonds is 3. The normalized spacial score (nSPS) is 22.1. The number of aryl methyl sites for hydroxylation is 2. The third-order valence-electron chi connectivity index (χ3n) is 4.42. The topological polar surface area (TPSA) is 67.9 Å². The Morgan fingerprint density at radius 1 is 1.05 bits per heavy atom. The Kier molecular flexibility index (Phi) is 3.32. The largest absolute Gasteiger partial charge is 0.340 e. The quantitative estimate of drug-likeness (QED) is 0.868. The van der Waals surface area contributed by atoms with Gasteiger partial charge in [0.1, 0.15) is 0 Å². The lowest BCUT2D eigenvalue weighted by molar-refractivity contribution is 0.365. The summed E-state index contributed by atoms with van der Waals surface area (Å²) >= 11 is 0. The van der Waals surface area contributed by atoms with E-state index in [4.69, 9.17) is 4.52 Å². The van der Waals surface area contributed by atoms with Gasteiger partial charge in [-0.15, -0.1) is 0 Å². The summed E-state index contributed by atoms with van der Waals surface area (Å²) in [7, 11) is 0. The molecule has 2 aliphatic rings. The molecule has 3 heterocycles. The van der Waals surface area contributed by atoms with Crippen molar-refractivity contribution in [3.8, 4) is 0 Å². The molecule has 2 fully saturated rings. The van der Waals surface area contributed by atoms with Crippen LogP contribution in [0.4, 0.5) is 5.95 Å². The van der Waals surface area contributed by atoms with Gasteiger partial charge in [0, 0.05) is 36.3 Å². The van der Waals surface area contributed by atoms with Crippen molar-refractivity contribution in [1.82, 2.24) is 20.1 Å². The van der Waals surface area contributed by atoms with Crippen LogP contribution in [0.2, 0.25) is 0 Å². The van der Waals surface area contributed by atoms with Gasteiger partial charge < -0.3 is 9.42 Å². The maximum atomic E-state index is 5.41. The van der Waals surface area contributed by atoms with Crippen LogP contribution in [-0.2, 0) is 0 Å². The molecule has 2 aromatic rings. The Hall–Kier alpha value is -1.98. The Labute approximate surface area is 130 Å². The zero-order valence-corrected chi connectivity index (χ0v) is 13.1. The van der Waals surface area contributed by atoms with Gasteiger partial charge in [-0.05, 0) is 45.6 Å². The van der Waals surface area contributed by atoms with E-state index in [1.54, 1.807) is 0 Å². The minimum absolute atomic E-state index is 0.314. The summed E-state index contributed by atoms with van der Waals surface area (Å²) in [5.74, 6) is 3.34. The highest BCUT2D eigenvalue weighted by Crippen LogP contribution is 2.39. The predicted octanol–water partition coefficient (Wildman–Crippen LogP) is 2.74. The summed E-state index contributed by atoms with van der Waals surface area (Å²) in [6, 6.07) is 2.01. The lowest BCUT2D eigenvalue weighted by atomic mass is 9.97. The molecule has 1 aliphatic heterocycles. The molecule has 0 radical (unpaired) electrons. The molecule has 6 heteroatoms. The van der Waals surface area contributed by atoms with Crippen molar-refractivity contribution in [3.63, 3.8) is 0 Å². The van der Waals surface area contributed by atoms with Crippen LogP contribution in [-0.4, -0.2) is 33.2 Å². The molecule has 22 heavy (non-hydrogen) atoms. The van der Waals surface area contributed by atoms with Crippen LogP contribution in [0.15, 0.2) is 10.6 Å². The molecule has 1 saturated carbocycles. The number of hydrogen-bond acceptors (Lipinski definition) is 6. The third-order valence-corrected chi connectivity index (χ3v) is 4.42. The highest BCUT2D eigenvalue weighted by molar-refractivity contribution is 5.34. The zero-order chi connectivity index (χ0) is 15.1. The van der Waals surface area contributed by atoms with Crippen LogP contribution < -0.4 is 4.90 Å². The minimum Gasteiger partial charge on any atom is -0.340 e. The number of nitrogens with zero attached hydrogens (tertiary/aromatic N) is 5. The fourth-order valence-electron chi connectivity index (χ4n) is 3.13. The van der Waals surface area contributed by atoms with Crippen LogP contribution >= 0.6 is 0 Å². The zero-order valence-electron chi connectivity index (χ0n) is 13.1. The second kappa shape index (κ2) is 5.34. The summed E-state index contributed by atoms with van der Waals surface area (Å²) in [6.07, 6.45) is 4.59. The first-order chi connectivity index (χ1) is 10.7. The first-order valence-electron chi connectivity index (χ1n) is 8.10. The highest BCUT2D eigenvalue weighted by Gasteiger charge is 2.32. The van der Waals surface area contributed by atoms with Crippen molar-refractivity contribution < 1.29 is 4.52 Å². The Morgan fingerprint density at radius 2 is 1.82 bits per heavy atom. The van der Waals surface area contributed by atoms with Crippen molar-refractivity contribution in [3.05, 3.63) is 29.2 Å². The molecule has 116 valence electrons. The van der Waals surface area contributed by atoms with Crippen LogP contribution in [0, 0.1) is 13.8 Å². The fourth-order valence-corrected chi connectivity index (χ4v) is 3.13. The summed E-state index contributed by atoms with van der Waals surface area (Å²) in [5.41, 5.74) is 2.03. The standard InChI is InChI=1S/C16H21N5O/c1-10-8-11(2)18-16(17-10)21-7-3-4-13(9-21)14-19-15(22-20-14)12-5-6-12/h8,12-13H,3-7,9H2,1-2H3. The van der Waals surface area contributed by atoms with Gasteiger partial charge in [0.2, 0.25) is 11.8 Å². The van der Waals surface area contributed by atoms with E-state index in [0.717, 1.165) is 55.0 Å². The molecule has 1 unspecified atom stereocenters.